The monoisotopic (exact) mass is 371 g/mol. The molecule has 4 heterocycles. The molecule has 4 aromatic rings. The third-order valence-electron chi connectivity index (χ3n) is 3.66. The number of aromatic nitrogens is 4. The molecule has 0 aliphatic carbocycles. The van der Waals surface area contributed by atoms with Gasteiger partial charge in [0.05, 0.1) is 21.8 Å². The van der Waals surface area contributed by atoms with Crippen molar-refractivity contribution in [2.45, 2.75) is 11.8 Å². The molecule has 0 aliphatic heterocycles. The molecule has 4 aromatic heterocycles. The predicted molar refractivity (Wildman–Crippen MR) is 96.1 cm³/mol. The fourth-order valence-corrected chi connectivity index (χ4v) is 4.54. The second kappa shape index (κ2) is 5.94. The second-order valence-corrected chi connectivity index (χ2v) is 7.78. The van der Waals surface area contributed by atoms with Crippen molar-refractivity contribution in [3.63, 3.8) is 0 Å². The molecule has 4 rings (SSSR count). The van der Waals surface area contributed by atoms with Gasteiger partial charge in [-0.05, 0) is 36.6 Å². The van der Waals surface area contributed by atoms with E-state index >= 15 is 0 Å². The van der Waals surface area contributed by atoms with Crippen LogP contribution in [0.15, 0.2) is 58.4 Å². The van der Waals surface area contributed by atoms with Crippen LogP contribution in [0.4, 0.5) is 5.95 Å². The standard InChI is InChI=1S/C16H13N5O2S2/c1-11-15(14-4-2-3-8-21(14)19-11)13-5-7-17-16(18-13)20-25(22,23)12-6-9-24-10-12/h2-10H,1H3,(H,17,18,20). The number of hydrogen-bond donors (Lipinski definition) is 1. The smallest absolute Gasteiger partial charge is 0.247 e. The highest BCUT2D eigenvalue weighted by molar-refractivity contribution is 7.92. The third kappa shape index (κ3) is 2.87. The van der Waals surface area contributed by atoms with E-state index in [0.29, 0.717) is 5.69 Å². The predicted octanol–water partition coefficient (Wildman–Crippen LogP) is 2.96. The molecule has 0 atom stereocenters. The van der Waals surface area contributed by atoms with Gasteiger partial charge in [0.15, 0.2) is 0 Å². The average Bonchev–Trinajstić information content (AvgIpc) is 3.22. The largest absolute Gasteiger partial charge is 0.265 e. The van der Waals surface area contributed by atoms with Crippen LogP contribution in [-0.2, 0) is 10.0 Å². The van der Waals surface area contributed by atoms with E-state index in [4.69, 9.17) is 0 Å². The minimum Gasteiger partial charge on any atom is -0.247 e. The summed E-state index contributed by atoms with van der Waals surface area (Å²) < 4.78 is 28.9. The van der Waals surface area contributed by atoms with Gasteiger partial charge in [-0.2, -0.15) is 16.4 Å². The summed E-state index contributed by atoms with van der Waals surface area (Å²) in [6.07, 6.45) is 3.38. The van der Waals surface area contributed by atoms with Crippen molar-refractivity contribution in [1.29, 1.82) is 0 Å². The van der Waals surface area contributed by atoms with Crippen LogP contribution in [0.3, 0.4) is 0 Å². The summed E-state index contributed by atoms with van der Waals surface area (Å²) in [6.45, 7) is 1.89. The van der Waals surface area contributed by atoms with Crippen molar-refractivity contribution >= 4 is 32.8 Å². The number of anilines is 1. The van der Waals surface area contributed by atoms with Gasteiger partial charge in [-0.1, -0.05) is 6.07 Å². The number of hydrogen-bond acceptors (Lipinski definition) is 6. The fourth-order valence-electron chi connectivity index (χ4n) is 2.56. The Morgan fingerprint density at radius 1 is 1.20 bits per heavy atom. The summed E-state index contributed by atoms with van der Waals surface area (Å²) in [5, 5.41) is 7.71. The number of nitrogens with one attached hydrogen (secondary N) is 1. The van der Waals surface area contributed by atoms with E-state index < -0.39 is 10.0 Å². The van der Waals surface area contributed by atoms with Gasteiger partial charge in [-0.3, -0.25) is 0 Å². The summed E-state index contributed by atoms with van der Waals surface area (Å²) in [5.41, 5.74) is 3.15. The highest BCUT2D eigenvalue weighted by Gasteiger charge is 2.18. The van der Waals surface area contributed by atoms with Gasteiger partial charge in [0.1, 0.15) is 0 Å². The molecule has 25 heavy (non-hydrogen) atoms. The molecule has 126 valence electrons. The first-order valence-corrected chi connectivity index (χ1v) is 9.79. The van der Waals surface area contributed by atoms with Crippen molar-refractivity contribution in [3.8, 4) is 11.3 Å². The zero-order valence-electron chi connectivity index (χ0n) is 13.1. The van der Waals surface area contributed by atoms with E-state index in [1.54, 1.807) is 21.3 Å². The molecule has 0 aliphatic rings. The molecule has 0 spiro atoms. The van der Waals surface area contributed by atoms with Crippen LogP contribution < -0.4 is 4.72 Å². The average molecular weight is 371 g/mol. The highest BCUT2D eigenvalue weighted by atomic mass is 32.2. The molecule has 0 bridgehead atoms. The second-order valence-electron chi connectivity index (χ2n) is 5.32. The van der Waals surface area contributed by atoms with E-state index in [1.165, 1.54) is 23.6 Å². The number of rotatable bonds is 4. The first-order chi connectivity index (χ1) is 12.0. The van der Waals surface area contributed by atoms with Gasteiger partial charge in [-0.15, -0.1) is 0 Å². The lowest BCUT2D eigenvalue weighted by Gasteiger charge is -2.06. The van der Waals surface area contributed by atoms with E-state index in [2.05, 4.69) is 19.8 Å². The van der Waals surface area contributed by atoms with Crippen LogP contribution >= 0.6 is 11.3 Å². The number of thiophene rings is 1. The molecule has 0 radical (unpaired) electrons. The number of pyridine rings is 1. The Kier molecular flexibility index (Phi) is 3.74. The Morgan fingerprint density at radius 3 is 2.88 bits per heavy atom. The number of aryl methyl sites for hydroxylation is 1. The topological polar surface area (TPSA) is 89.2 Å². The van der Waals surface area contributed by atoms with Crippen molar-refractivity contribution in [1.82, 2.24) is 19.6 Å². The van der Waals surface area contributed by atoms with E-state index in [1.807, 2.05) is 31.3 Å². The Morgan fingerprint density at radius 2 is 2.08 bits per heavy atom. The molecule has 0 fully saturated rings. The minimum atomic E-state index is -3.69. The van der Waals surface area contributed by atoms with Crippen molar-refractivity contribution < 1.29 is 8.42 Å². The zero-order valence-corrected chi connectivity index (χ0v) is 14.8. The number of nitrogens with zero attached hydrogens (tertiary/aromatic N) is 4. The molecule has 0 saturated heterocycles. The summed E-state index contributed by atoms with van der Waals surface area (Å²) in [4.78, 5) is 8.59. The molecular formula is C16H13N5O2S2. The Hall–Kier alpha value is -2.78. The Balaban J connectivity index is 1.76. The Bertz CT molecular complexity index is 1150. The van der Waals surface area contributed by atoms with Crippen molar-refractivity contribution in [2.24, 2.45) is 0 Å². The van der Waals surface area contributed by atoms with Crippen molar-refractivity contribution in [2.75, 3.05) is 4.72 Å². The van der Waals surface area contributed by atoms with Gasteiger partial charge in [-0.25, -0.2) is 27.6 Å². The molecule has 0 saturated carbocycles. The van der Waals surface area contributed by atoms with Crippen LogP contribution in [-0.4, -0.2) is 28.0 Å². The summed E-state index contributed by atoms with van der Waals surface area (Å²) in [6, 6.07) is 9.02. The summed E-state index contributed by atoms with van der Waals surface area (Å²) in [5.74, 6) is 0.0263. The van der Waals surface area contributed by atoms with Crippen LogP contribution in [0.2, 0.25) is 0 Å². The highest BCUT2D eigenvalue weighted by Crippen LogP contribution is 2.27. The number of sulfonamides is 1. The molecule has 0 amide bonds. The van der Waals surface area contributed by atoms with Crippen LogP contribution in [0.5, 0.6) is 0 Å². The van der Waals surface area contributed by atoms with Gasteiger partial charge >= 0.3 is 0 Å². The first-order valence-electron chi connectivity index (χ1n) is 7.37. The lowest BCUT2D eigenvalue weighted by atomic mass is 10.1. The maximum Gasteiger partial charge on any atom is 0.265 e. The van der Waals surface area contributed by atoms with Crippen LogP contribution in [0, 0.1) is 6.92 Å². The molecule has 7 nitrogen and oxygen atoms in total. The quantitative estimate of drug-likeness (QED) is 0.596. The summed E-state index contributed by atoms with van der Waals surface area (Å²) >= 11 is 1.31. The van der Waals surface area contributed by atoms with Gasteiger partial charge < -0.3 is 0 Å². The van der Waals surface area contributed by atoms with Gasteiger partial charge in [0.25, 0.3) is 10.0 Å². The van der Waals surface area contributed by atoms with Crippen LogP contribution in [0.1, 0.15) is 5.69 Å². The van der Waals surface area contributed by atoms with E-state index in [-0.39, 0.29) is 10.8 Å². The van der Waals surface area contributed by atoms with E-state index in [9.17, 15) is 8.42 Å². The molecule has 1 N–H and O–H groups in total. The van der Waals surface area contributed by atoms with E-state index in [0.717, 1.165) is 16.8 Å². The SMILES string of the molecule is Cc1nn2ccccc2c1-c1ccnc(NS(=O)(=O)c2ccsc2)n1. The minimum absolute atomic E-state index is 0.0263. The molecular weight excluding hydrogens is 358 g/mol. The molecule has 9 heteroatoms. The van der Waals surface area contributed by atoms with Gasteiger partial charge in [0.2, 0.25) is 5.95 Å². The van der Waals surface area contributed by atoms with Crippen LogP contribution in [0.25, 0.3) is 16.8 Å². The van der Waals surface area contributed by atoms with Gasteiger partial charge in [0, 0.05) is 23.3 Å². The normalized spacial score (nSPS) is 11.7. The summed E-state index contributed by atoms with van der Waals surface area (Å²) in [7, 11) is -3.69. The maximum atomic E-state index is 12.3. The Labute approximate surface area is 148 Å². The third-order valence-corrected chi connectivity index (χ3v) is 5.82. The first kappa shape index (κ1) is 15.7. The lowest BCUT2D eigenvalue weighted by molar-refractivity contribution is 0.601. The maximum absolute atomic E-state index is 12.3. The zero-order chi connectivity index (χ0) is 17.4. The van der Waals surface area contributed by atoms with Crippen molar-refractivity contribution in [3.05, 3.63) is 59.2 Å². The lowest BCUT2D eigenvalue weighted by Crippen LogP contribution is -2.14. The number of fused-ring (bicyclic) bond motifs is 1. The molecule has 0 unspecified atom stereocenters. The molecule has 0 aromatic carbocycles. The fraction of sp³-hybridized carbons (Fsp3) is 0.0625.